The minimum atomic E-state index is -1.08. The molecule has 5 nitrogen and oxygen atoms in total. The van der Waals surface area contributed by atoms with Gasteiger partial charge in [0, 0.05) is 6.61 Å². The van der Waals surface area contributed by atoms with Gasteiger partial charge in [-0.2, -0.15) is 0 Å². The van der Waals surface area contributed by atoms with Crippen LogP contribution in [0.3, 0.4) is 0 Å². The molecule has 3 N–H and O–H groups in total. The van der Waals surface area contributed by atoms with Crippen LogP contribution in [-0.2, 0) is 9.47 Å². The molecule has 0 aliphatic carbocycles. The van der Waals surface area contributed by atoms with E-state index in [2.05, 4.69) is 6.58 Å². The Balaban J connectivity index is 1.86. The van der Waals surface area contributed by atoms with E-state index in [0.29, 0.717) is 6.61 Å². The van der Waals surface area contributed by atoms with Gasteiger partial charge in [0.1, 0.15) is 24.4 Å². The second-order valence-electron chi connectivity index (χ2n) is 7.41. The van der Waals surface area contributed by atoms with Crippen LogP contribution in [0.4, 0.5) is 0 Å². The highest BCUT2D eigenvalue weighted by Crippen LogP contribution is 2.18. The number of aliphatic hydroxyl groups is 3. The van der Waals surface area contributed by atoms with Crippen molar-refractivity contribution in [3.05, 3.63) is 12.7 Å². The van der Waals surface area contributed by atoms with Crippen LogP contribution in [0.1, 0.15) is 77.0 Å². The van der Waals surface area contributed by atoms with Gasteiger partial charge in [-0.05, 0) is 19.3 Å². The molecule has 1 aliphatic heterocycles. The van der Waals surface area contributed by atoms with Gasteiger partial charge in [0.15, 0.2) is 0 Å². The third-order valence-electron chi connectivity index (χ3n) is 5.15. The van der Waals surface area contributed by atoms with Crippen molar-refractivity contribution in [2.24, 2.45) is 0 Å². The number of ether oxygens (including phenoxy) is 2. The molecule has 26 heavy (non-hydrogen) atoms. The zero-order chi connectivity index (χ0) is 19.0. The van der Waals surface area contributed by atoms with Gasteiger partial charge in [0.2, 0.25) is 0 Å². The Morgan fingerprint density at radius 3 is 1.92 bits per heavy atom. The summed E-state index contributed by atoms with van der Waals surface area (Å²) >= 11 is 0. The molecule has 0 bridgehead atoms. The van der Waals surface area contributed by atoms with Gasteiger partial charge in [-0.3, -0.25) is 0 Å². The maximum atomic E-state index is 9.97. The van der Waals surface area contributed by atoms with Gasteiger partial charge >= 0.3 is 0 Å². The van der Waals surface area contributed by atoms with Crippen LogP contribution in [0.25, 0.3) is 0 Å². The van der Waals surface area contributed by atoms with Crippen LogP contribution in [0.5, 0.6) is 0 Å². The molecule has 0 amide bonds. The minimum Gasteiger partial charge on any atom is -0.394 e. The van der Waals surface area contributed by atoms with Gasteiger partial charge in [0.05, 0.1) is 13.2 Å². The first-order valence-electron chi connectivity index (χ1n) is 10.5. The summed E-state index contributed by atoms with van der Waals surface area (Å²) < 4.78 is 10.9. The molecular formula is C21H40O5. The molecule has 0 unspecified atom stereocenters. The van der Waals surface area contributed by atoms with E-state index < -0.39 is 24.4 Å². The normalized spacial score (nSPS) is 26.1. The lowest BCUT2D eigenvalue weighted by Crippen LogP contribution is -2.55. The van der Waals surface area contributed by atoms with Crippen molar-refractivity contribution in [2.75, 3.05) is 19.8 Å². The number of hydrogen-bond acceptors (Lipinski definition) is 5. The van der Waals surface area contributed by atoms with E-state index in [1.54, 1.807) is 0 Å². The van der Waals surface area contributed by atoms with Gasteiger partial charge in [-0.25, -0.2) is 0 Å². The predicted molar refractivity (Wildman–Crippen MR) is 104 cm³/mol. The van der Waals surface area contributed by atoms with Crippen molar-refractivity contribution in [3.8, 4) is 0 Å². The fourth-order valence-electron chi connectivity index (χ4n) is 3.38. The molecule has 5 heteroatoms. The Morgan fingerprint density at radius 1 is 0.846 bits per heavy atom. The fraction of sp³-hybridized carbons (Fsp3) is 0.905. The Labute approximate surface area is 159 Å². The summed E-state index contributed by atoms with van der Waals surface area (Å²) in [6.45, 7) is 4.25. The second kappa shape index (κ2) is 15.6. The summed E-state index contributed by atoms with van der Waals surface area (Å²) in [6, 6.07) is 0. The van der Waals surface area contributed by atoms with Crippen LogP contribution in [-0.4, -0.2) is 59.6 Å². The van der Waals surface area contributed by atoms with Crippen molar-refractivity contribution in [2.45, 2.75) is 101 Å². The van der Waals surface area contributed by atoms with Crippen molar-refractivity contribution in [1.29, 1.82) is 0 Å². The smallest absolute Gasteiger partial charge is 0.111 e. The van der Waals surface area contributed by atoms with Gasteiger partial charge in [-0.15, -0.1) is 6.58 Å². The zero-order valence-electron chi connectivity index (χ0n) is 16.4. The minimum absolute atomic E-state index is 0.219. The summed E-state index contributed by atoms with van der Waals surface area (Å²) in [5, 5.41) is 28.8. The lowest BCUT2D eigenvalue weighted by Gasteiger charge is -2.36. The average molecular weight is 373 g/mol. The molecule has 0 radical (unpaired) electrons. The first kappa shape index (κ1) is 23.6. The van der Waals surface area contributed by atoms with E-state index in [-0.39, 0.29) is 13.2 Å². The first-order chi connectivity index (χ1) is 12.7. The van der Waals surface area contributed by atoms with Crippen molar-refractivity contribution < 1.29 is 24.8 Å². The van der Waals surface area contributed by atoms with Crippen LogP contribution < -0.4 is 0 Å². The van der Waals surface area contributed by atoms with Crippen LogP contribution in [0, 0.1) is 0 Å². The predicted octanol–water partition coefficient (Wildman–Crippen LogP) is 3.35. The second-order valence-corrected chi connectivity index (χ2v) is 7.41. The fourth-order valence-corrected chi connectivity index (χ4v) is 3.38. The molecule has 0 spiro atoms. The standard InChI is InChI=1S/C21H40O5/c1-2-3-4-5-6-7-8-9-10-11-12-13-14-15-25-19-17-26-18(16-22)20(23)21(19)24/h2,18-24H,1,3-17H2/t18-,19+,20-,21-/m1/s1. The lowest BCUT2D eigenvalue weighted by atomic mass is 10.0. The molecule has 0 saturated carbocycles. The summed E-state index contributed by atoms with van der Waals surface area (Å²) in [5.74, 6) is 0. The summed E-state index contributed by atoms with van der Waals surface area (Å²) in [4.78, 5) is 0. The molecule has 1 fully saturated rings. The third kappa shape index (κ3) is 10.0. The zero-order valence-corrected chi connectivity index (χ0v) is 16.4. The van der Waals surface area contributed by atoms with E-state index in [1.165, 1.54) is 57.8 Å². The quantitative estimate of drug-likeness (QED) is 0.286. The van der Waals surface area contributed by atoms with E-state index in [4.69, 9.17) is 14.6 Å². The molecule has 1 heterocycles. The van der Waals surface area contributed by atoms with E-state index in [0.717, 1.165) is 19.3 Å². The molecule has 1 rings (SSSR count). The molecule has 4 atom stereocenters. The number of hydrogen-bond donors (Lipinski definition) is 3. The summed E-state index contributed by atoms with van der Waals surface area (Å²) in [6.07, 6.45) is 13.8. The highest BCUT2D eigenvalue weighted by molar-refractivity contribution is 4.87. The van der Waals surface area contributed by atoms with E-state index in [9.17, 15) is 10.2 Å². The van der Waals surface area contributed by atoms with E-state index >= 15 is 0 Å². The number of rotatable bonds is 16. The first-order valence-corrected chi connectivity index (χ1v) is 10.5. The Bertz CT molecular complexity index is 336. The van der Waals surface area contributed by atoms with Gasteiger partial charge in [0.25, 0.3) is 0 Å². The monoisotopic (exact) mass is 372 g/mol. The van der Waals surface area contributed by atoms with Crippen molar-refractivity contribution in [3.63, 3.8) is 0 Å². The lowest BCUT2D eigenvalue weighted by molar-refractivity contribution is -0.208. The highest BCUT2D eigenvalue weighted by atomic mass is 16.6. The maximum Gasteiger partial charge on any atom is 0.111 e. The number of allylic oxidation sites excluding steroid dienone is 1. The summed E-state index contributed by atoms with van der Waals surface area (Å²) in [7, 11) is 0. The van der Waals surface area contributed by atoms with Crippen LogP contribution in [0.15, 0.2) is 12.7 Å². The average Bonchev–Trinajstić information content (AvgIpc) is 2.65. The SMILES string of the molecule is C=CCCCCCCCCCCCCCO[C@H]1CO[C@H](CO)[C@@H](O)[C@@H]1O. The molecule has 1 aliphatic rings. The number of aliphatic hydroxyl groups excluding tert-OH is 3. The molecule has 0 aromatic carbocycles. The molecule has 0 aromatic heterocycles. The Morgan fingerprint density at radius 2 is 1.38 bits per heavy atom. The Hall–Kier alpha value is -0.460. The van der Waals surface area contributed by atoms with Crippen LogP contribution in [0.2, 0.25) is 0 Å². The summed E-state index contributed by atoms with van der Waals surface area (Å²) in [5.41, 5.74) is 0. The van der Waals surface area contributed by atoms with Gasteiger partial charge in [-0.1, -0.05) is 63.9 Å². The molecular weight excluding hydrogens is 332 g/mol. The topological polar surface area (TPSA) is 79.2 Å². The Kier molecular flexibility index (Phi) is 14.1. The molecule has 1 saturated heterocycles. The largest absolute Gasteiger partial charge is 0.394 e. The highest BCUT2D eigenvalue weighted by Gasteiger charge is 2.38. The molecule has 154 valence electrons. The van der Waals surface area contributed by atoms with E-state index in [1.807, 2.05) is 6.08 Å². The van der Waals surface area contributed by atoms with Gasteiger partial charge < -0.3 is 24.8 Å². The molecule has 0 aromatic rings. The third-order valence-corrected chi connectivity index (χ3v) is 5.15. The van der Waals surface area contributed by atoms with Crippen molar-refractivity contribution in [1.82, 2.24) is 0 Å². The maximum absolute atomic E-state index is 9.97. The number of unbranched alkanes of at least 4 members (excludes halogenated alkanes) is 11. The van der Waals surface area contributed by atoms with Crippen LogP contribution >= 0.6 is 0 Å². The van der Waals surface area contributed by atoms with Crippen molar-refractivity contribution >= 4 is 0 Å².